The van der Waals surface area contributed by atoms with E-state index in [0.717, 1.165) is 16.9 Å². The van der Waals surface area contributed by atoms with Gasteiger partial charge < -0.3 is 24.6 Å². The number of ether oxygens (including phenoxy) is 3. The van der Waals surface area contributed by atoms with Gasteiger partial charge in [0.05, 0.1) is 21.3 Å². The minimum Gasteiger partial charge on any atom is -0.497 e. The molecule has 0 aliphatic rings. The van der Waals surface area contributed by atoms with Gasteiger partial charge >= 0.3 is 0 Å². The Labute approximate surface area is 142 Å². The van der Waals surface area contributed by atoms with Crippen LogP contribution in [-0.4, -0.2) is 33.5 Å². The van der Waals surface area contributed by atoms with E-state index in [0.29, 0.717) is 17.1 Å². The molecular formula is C19H23NO4. The van der Waals surface area contributed by atoms with Crippen molar-refractivity contribution in [3.8, 4) is 17.2 Å². The monoisotopic (exact) mass is 329 g/mol. The zero-order chi connectivity index (χ0) is 17.5. The van der Waals surface area contributed by atoms with Gasteiger partial charge in [-0.3, -0.25) is 0 Å². The summed E-state index contributed by atoms with van der Waals surface area (Å²) < 4.78 is 15.7. The normalized spacial score (nSPS) is 12.5. The van der Waals surface area contributed by atoms with Crippen molar-refractivity contribution in [3.63, 3.8) is 0 Å². The van der Waals surface area contributed by atoms with Crippen molar-refractivity contribution in [2.24, 2.45) is 0 Å². The number of nitrogens with one attached hydrogen (secondary N) is 1. The lowest BCUT2D eigenvalue weighted by atomic mass is 9.95. The second kappa shape index (κ2) is 8.26. The van der Waals surface area contributed by atoms with Gasteiger partial charge in [0, 0.05) is 18.8 Å². The lowest BCUT2D eigenvalue weighted by Gasteiger charge is -2.18. The van der Waals surface area contributed by atoms with E-state index < -0.39 is 6.10 Å². The summed E-state index contributed by atoms with van der Waals surface area (Å²) in [5.41, 5.74) is 2.35. The van der Waals surface area contributed by atoms with Gasteiger partial charge in [0.15, 0.2) is 11.5 Å². The predicted octanol–water partition coefficient (Wildman–Crippen LogP) is 3.01. The van der Waals surface area contributed by atoms with Gasteiger partial charge in [-0.25, -0.2) is 0 Å². The highest BCUT2D eigenvalue weighted by Crippen LogP contribution is 2.35. The van der Waals surface area contributed by atoms with E-state index in [9.17, 15) is 5.11 Å². The van der Waals surface area contributed by atoms with Gasteiger partial charge in [0.1, 0.15) is 11.9 Å². The van der Waals surface area contributed by atoms with Crippen molar-refractivity contribution in [1.82, 2.24) is 5.32 Å². The summed E-state index contributed by atoms with van der Waals surface area (Å²) in [7, 11) is 6.57. The topological polar surface area (TPSA) is 60.0 Å². The van der Waals surface area contributed by atoms with Crippen LogP contribution in [0.3, 0.4) is 0 Å². The Kier molecular flexibility index (Phi) is 6.09. The summed E-state index contributed by atoms with van der Waals surface area (Å²) in [4.78, 5) is 0. The van der Waals surface area contributed by atoms with E-state index in [1.165, 1.54) is 0 Å². The summed E-state index contributed by atoms with van der Waals surface area (Å²) in [5, 5.41) is 13.8. The standard InChI is InChI=1S/C19H23NO4/c1-20-12-16(13-5-8-15(22-2)9-6-13)19(21)14-7-10-17(23-3)18(11-14)24-4/h5-12,19-21H,1-4H3/b16-12+/t19-/m0/s1. The van der Waals surface area contributed by atoms with E-state index in [2.05, 4.69) is 5.32 Å². The first-order chi connectivity index (χ1) is 11.6. The molecule has 0 amide bonds. The second-order valence-electron chi connectivity index (χ2n) is 5.13. The minimum absolute atomic E-state index is 0.576. The number of hydrogen-bond acceptors (Lipinski definition) is 5. The van der Waals surface area contributed by atoms with Crippen LogP contribution < -0.4 is 19.5 Å². The molecule has 128 valence electrons. The third-order valence-corrected chi connectivity index (χ3v) is 3.74. The molecule has 5 heteroatoms. The Hall–Kier alpha value is -2.66. The molecule has 0 aliphatic heterocycles. The van der Waals surface area contributed by atoms with Crippen molar-refractivity contribution in [3.05, 3.63) is 59.8 Å². The van der Waals surface area contributed by atoms with Crippen LogP contribution in [0.25, 0.3) is 5.57 Å². The molecule has 0 bridgehead atoms. The Balaban J connectivity index is 2.38. The molecule has 0 aliphatic carbocycles. The maximum absolute atomic E-state index is 10.8. The lowest BCUT2D eigenvalue weighted by molar-refractivity contribution is 0.237. The number of rotatable bonds is 7. The smallest absolute Gasteiger partial charge is 0.161 e. The molecule has 2 aromatic rings. The largest absolute Gasteiger partial charge is 0.497 e. The molecule has 0 saturated heterocycles. The number of benzene rings is 2. The Bertz CT molecular complexity index is 695. The third kappa shape index (κ3) is 3.81. The molecule has 0 aromatic heterocycles. The van der Waals surface area contributed by atoms with Crippen LogP contribution in [0.2, 0.25) is 0 Å². The van der Waals surface area contributed by atoms with Gasteiger partial charge in [0.25, 0.3) is 0 Å². The first kappa shape index (κ1) is 17.7. The first-order valence-corrected chi connectivity index (χ1v) is 7.56. The Morgan fingerprint density at radius 2 is 1.62 bits per heavy atom. The molecule has 2 N–H and O–H groups in total. The van der Waals surface area contributed by atoms with Crippen LogP contribution in [0.4, 0.5) is 0 Å². The number of methoxy groups -OCH3 is 3. The average molecular weight is 329 g/mol. The second-order valence-corrected chi connectivity index (χ2v) is 5.13. The van der Waals surface area contributed by atoms with Crippen LogP contribution in [0.5, 0.6) is 17.2 Å². The molecule has 0 radical (unpaired) electrons. The molecule has 1 atom stereocenters. The summed E-state index contributed by atoms with van der Waals surface area (Å²) in [6, 6.07) is 12.9. The molecular weight excluding hydrogens is 306 g/mol. The van der Waals surface area contributed by atoms with Crippen molar-refractivity contribution in [1.29, 1.82) is 0 Å². The fraction of sp³-hybridized carbons (Fsp3) is 0.263. The van der Waals surface area contributed by atoms with E-state index in [1.54, 1.807) is 46.7 Å². The van der Waals surface area contributed by atoms with Crippen molar-refractivity contribution < 1.29 is 19.3 Å². The zero-order valence-corrected chi connectivity index (χ0v) is 14.4. The molecule has 2 rings (SSSR count). The van der Waals surface area contributed by atoms with E-state index in [1.807, 2.05) is 30.3 Å². The quantitative estimate of drug-likeness (QED) is 0.818. The van der Waals surface area contributed by atoms with Crippen molar-refractivity contribution in [2.75, 3.05) is 28.4 Å². The van der Waals surface area contributed by atoms with E-state index in [-0.39, 0.29) is 0 Å². The van der Waals surface area contributed by atoms with Gasteiger partial charge in [0.2, 0.25) is 0 Å². The molecule has 0 spiro atoms. The number of hydrogen-bond donors (Lipinski definition) is 2. The molecule has 5 nitrogen and oxygen atoms in total. The summed E-state index contributed by atoms with van der Waals surface area (Å²) in [6.45, 7) is 0. The fourth-order valence-electron chi connectivity index (χ4n) is 2.46. The summed E-state index contributed by atoms with van der Waals surface area (Å²) in [5.74, 6) is 1.97. The van der Waals surface area contributed by atoms with Gasteiger partial charge in [-0.1, -0.05) is 18.2 Å². The highest BCUT2D eigenvalue weighted by molar-refractivity contribution is 5.71. The van der Waals surface area contributed by atoms with Crippen LogP contribution in [-0.2, 0) is 0 Å². The number of aliphatic hydroxyl groups is 1. The van der Waals surface area contributed by atoms with Gasteiger partial charge in [-0.15, -0.1) is 0 Å². The van der Waals surface area contributed by atoms with Crippen molar-refractivity contribution >= 4 is 5.57 Å². The number of aliphatic hydroxyl groups excluding tert-OH is 1. The zero-order valence-electron chi connectivity index (χ0n) is 14.4. The SMILES string of the molecule is CN/C=C(\c1ccc(OC)cc1)[C@@H](O)c1ccc(OC)c(OC)c1. The van der Waals surface area contributed by atoms with Crippen LogP contribution >= 0.6 is 0 Å². The molecule has 0 fully saturated rings. The van der Waals surface area contributed by atoms with Crippen molar-refractivity contribution in [2.45, 2.75) is 6.10 Å². The van der Waals surface area contributed by atoms with Crippen LogP contribution in [0, 0.1) is 0 Å². The predicted molar refractivity (Wildman–Crippen MR) is 94.5 cm³/mol. The summed E-state index contributed by atoms with van der Waals surface area (Å²) >= 11 is 0. The molecule has 0 unspecified atom stereocenters. The lowest BCUT2D eigenvalue weighted by Crippen LogP contribution is -2.06. The first-order valence-electron chi connectivity index (χ1n) is 7.56. The van der Waals surface area contributed by atoms with E-state index >= 15 is 0 Å². The van der Waals surface area contributed by atoms with E-state index in [4.69, 9.17) is 14.2 Å². The highest BCUT2D eigenvalue weighted by atomic mass is 16.5. The average Bonchev–Trinajstić information content (AvgIpc) is 2.65. The third-order valence-electron chi connectivity index (χ3n) is 3.74. The minimum atomic E-state index is -0.814. The maximum Gasteiger partial charge on any atom is 0.161 e. The molecule has 24 heavy (non-hydrogen) atoms. The van der Waals surface area contributed by atoms with Crippen LogP contribution in [0.1, 0.15) is 17.2 Å². The Morgan fingerprint density at radius 1 is 0.958 bits per heavy atom. The maximum atomic E-state index is 10.8. The molecule has 0 saturated carbocycles. The molecule has 0 heterocycles. The fourth-order valence-corrected chi connectivity index (χ4v) is 2.46. The van der Waals surface area contributed by atoms with Crippen LogP contribution in [0.15, 0.2) is 48.7 Å². The Morgan fingerprint density at radius 3 is 2.17 bits per heavy atom. The van der Waals surface area contributed by atoms with Gasteiger partial charge in [-0.2, -0.15) is 0 Å². The highest BCUT2D eigenvalue weighted by Gasteiger charge is 2.17. The molecule has 2 aromatic carbocycles. The van der Waals surface area contributed by atoms with Gasteiger partial charge in [-0.05, 0) is 35.4 Å². The summed E-state index contributed by atoms with van der Waals surface area (Å²) in [6.07, 6.45) is 0.967.